The predicted octanol–water partition coefficient (Wildman–Crippen LogP) is 20.3. The van der Waals surface area contributed by atoms with Gasteiger partial charge in [-0.1, -0.05) is 291 Å². The summed E-state index contributed by atoms with van der Waals surface area (Å²) in [6.45, 7) is 9.43. The molecule has 0 rings (SSSR count). The third-order valence-electron chi connectivity index (χ3n) is 16.1. The monoisotopic (exact) mass is 1330 g/mol. The number of hydrogen-bond acceptors (Lipinski definition) is 15. The zero-order valence-corrected chi connectivity index (χ0v) is 60.4. The van der Waals surface area contributed by atoms with Gasteiger partial charge in [0.2, 0.25) is 0 Å². The number of allylic oxidation sites excluding steroid dienone is 4. The van der Waals surface area contributed by atoms with Gasteiger partial charge in [0, 0.05) is 25.7 Å². The van der Waals surface area contributed by atoms with E-state index in [0.717, 1.165) is 134 Å². The molecular weight excluding hydrogens is 1200 g/mol. The third-order valence-corrected chi connectivity index (χ3v) is 18.0. The van der Waals surface area contributed by atoms with Gasteiger partial charge >= 0.3 is 39.5 Å². The topological polar surface area (TPSA) is 237 Å². The van der Waals surface area contributed by atoms with Crippen LogP contribution in [0.3, 0.4) is 0 Å². The lowest BCUT2D eigenvalue weighted by Gasteiger charge is -2.21. The Kier molecular flexibility index (Phi) is 61.9. The van der Waals surface area contributed by atoms with E-state index in [9.17, 15) is 43.2 Å². The first-order chi connectivity index (χ1) is 43.9. The first-order valence-corrected chi connectivity index (χ1v) is 39.8. The summed E-state index contributed by atoms with van der Waals surface area (Å²) in [6.07, 6.45) is 52.4. The molecule has 0 aromatic carbocycles. The van der Waals surface area contributed by atoms with Gasteiger partial charge in [0.15, 0.2) is 12.2 Å². The van der Waals surface area contributed by atoms with Gasteiger partial charge in [0.05, 0.1) is 26.4 Å². The van der Waals surface area contributed by atoms with E-state index in [2.05, 4.69) is 65.8 Å². The zero-order valence-electron chi connectivity index (χ0n) is 58.6. The maximum atomic E-state index is 13.0. The van der Waals surface area contributed by atoms with Crippen molar-refractivity contribution in [2.45, 2.75) is 362 Å². The molecule has 0 fully saturated rings. The van der Waals surface area contributed by atoms with E-state index in [1.54, 1.807) is 0 Å². The van der Waals surface area contributed by atoms with E-state index < -0.39 is 97.5 Å². The summed E-state index contributed by atoms with van der Waals surface area (Å²) in [5.41, 5.74) is 0. The molecule has 0 amide bonds. The highest BCUT2D eigenvalue weighted by molar-refractivity contribution is 7.47. The van der Waals surface area contributed by atoms with Crippen molar-refractivity contribution >= 4 is 39.5 Å². The lowest BCUT2D eigenvalue weighted by atomic mass is 10.0. The molecule has 0 bridgehead atoms. The second kappa shape index (κ2) is 63.6. The van der Waals surface area contributed by atoms with Gasteiger partial charge in [0.25, 0.3) is 0 Å². The van der Waals surface area contributed by atoms with Crippen LogP contribution in [0.4, 0.5) is 0 Å². The summed E-state index contributed by atoms with van der Waals surface area (Å²) < 4.78 is 68.2. The number of phosphoric acid groups is 2. The van der Waals surface area contributed by atoms with Crippen molar-refractivity contribution in [1.29, 1.82) is 0 Å². The van der Waals surface area contributed by atoms with Crippen molar-refractivity contribution < 1.29 is 80.2 Å². The van der Waals surface area contributed by atoms with E-state index in [1.165, 1.54) is 128 Å². The Morgan fingerprint density at radius 2 is 0.593 bits per heavy atom. The first kappa shape index (κ1) is 88.5. The van der Waals surface area contributed by atoms with Gasteiger partial charge in [-0.25, -0.2) is 9.13 Å². The van der Waals surface area contributed by atoms with Crippen molar-refractivity contribution in [3.05, 3.63) is 24.3 Å². The van der Waals surface area contributed by atoms with E-state index in [-0.39, 0.29) is 25.7 Å². The lowest BCUT2D eigenvalue weighted by Crippen LogP contribution is -2.30. The van der Waals surface area contributed by atoms with E-state index in [4.69, 9.17) is 37.0 Å². The minimum Gasteiger partial charge on any atom is -0.462 e. The molecule has 0 aliphatic heterocycles. The molecule has 0 aromatic rings. The first-order valence-electron chi connectivity index (χ1n) is 36.8. The number of rotatable bonds is 69. The lowest BCUT2D eigenvalue weighted by molar-refractivity contribution is -0.161. The number of hydrogen-bond donors (Lipinski definition) is 3. The zero-order chi connectivity index (χ0) is 67.2. The Balaban J connectivity index is 5.23. The highest BCUT2D eigenvalue weighted by atomic mass is 31.2. The standard InChI is InChI=1S/C72H136O17P2/c1-7-9-11-13-15-16-17-18-20-24-27-30-37-43-49-55-70(75)83-61-68(88-71(76)56-50-44-38-31-28-25-22-19-21-23-26-29-35-40-46-52-64(3)4)63-87-91(80,81)85-59-66(73)58-84-90(78,79)86-62-67(60-82-69(74)54-48-42-34-14-12-10-8-2)89-72(77)57-51-45-39-33-32-36-41-47-53-65(5)6/h16-18,20,64-68,73H,7-15,19,21-63H2,1-6H3,(H,78,79)(H,80,81)/b17-16-,20-18-/t66-,67+,68+/m0/s1. The van der Waals surface area contributed by atoms with E-state index >= 15 is 0 Å². The highest BCUT2D eigenvalue weighted by Crippen LogP contribution is 2.45. The molecule has 0 saturated carbocycles. The Bertz CT molecular complexity index is 1860. The summed E-state index contributed by atoms with van der Waals surface area (Å²) in [7, 11) is -9.91. The Morgan fingerprint density at radius 1 is 0.341 bits per heavy atom. The molecule has 536 valence electrons. The van der Waals surface area contributed by atoms with Crippen molar-refractivity contribution in [3.63, 3.8) is 0 Å². The molecule has 0 heterocycles. The van der Waals surface area contributed by atoms with Gasteiger partial charge in [-0.05, 0) is 63.2 Å². The van der Waals surface area contributed by atoms with Gasteiger partial charge < -0.3 is 33.8 Å². The average Bonchev–Trinajstić information content (AvgIpc) is 3.61. The molecule has 0 saturated heterocycles. The molecule has 0 spiro atoms. The molecule has 0 aromatic heterocycles. The summed E-state index contributed by atoms with van der Waals surface area (Å²) in [5.74, 6) is -0.641. The van der Waals surface area contributed by atoms with Crippen LogP contribution in [0.5, 0.6) is 0 Å². The molecule has 91 heavy (non-hydrogen) atoms. The van der Waals surface area contributed by atoms with E-state index in [1.807, 2.05) is 0 Å². The van der Waals surface area contributed by atoms with Gasteiger partial charge in [-0.15, -0.1) is 0 Å². The van der Waals surface area contributed by atoms with Crippen LogP contribution in [0, 0.1) is 11.8 Å². The molecule has 19 heteroatoms. The van der Waals surface area contributed by atoms with Crippen LogP contribution in [0.2, 0.25) is 0 Å². The van der Waals surface area contributed by atoms with Crippen molar-refractivity contribution in [1.82, 2.24) is 0 Å². The quantitative estimate of drug-likeness (QED) is 0.0169. The molecular formula is C72H136O17P2. The van der Waals surface area contributed by atoms with Crippen LogP contribution < -0.4 is 0 Å². The number of phosphoric ester groups is 2. The van der Waals surface area contributed by atoms with Crippen molar-refractivity contribution in [2.24, 2.45) is 11.8 Å². The summed E-state index contributed by atoms with van der Waals surface area (Å²) in [6, 6.07) is 0. The Morgan fingerprint density at radius 3 is 0.901 bits per heavy atom. The number of aliphatic hydroxyl groups excluding tert-OH is 1. The smallest absolute Gasteiger partial charge is 0.462 e. The summed E-state index contributed by atoms with van der Waals surface area (Å²) in [4.78, 5) is 72.4. The number of aliphatic hydroxyl groups is 1. The highest BCUT2D eigenvalue weighted by Gasteiger charge is 2.30. The van der Waals surface area contributed by atoms with E-state index in [0.29, 0.717) is 25.7 Å². The average molecular weight is 1340 g/mol. The number of carbonyl (C=O) groups excluding carboxylic acids is 4. The fourth-order valence-electron chi connectivity index (χ4n) is 10.4. The summed E-state index contributed by atoms with van der Waals surface area (Å²) >= 11 is 0. The van der Waals surface area contributed by atoms with Crippen LogP contribution in [0.15, 0.2) is 24.3 Å². The summed E-state index contributed by atoms with van der Waals surface area (Å²) in [5, 5.41) is 10.6. The molecule has 5 atom stereocenters. The third kappa shape index (κ3) is 66.0. The van der Waals surface area contributed by atoms with Crippen LogP contribution in [0.25, 0.3) is 0 Å². The minimum atomic E-state index is -4.96. The van der Waals surface area contributed by atoms with Gasteiger partial charge in [0.1, 0.15) is 19.3 Å². The number of esters is 4. The maximum absolute atomic E-state index is 13.0. The molecule has 0 aliphatic rings. The van der Waals surface area contributed by atoms with Crippen LogP contribution >= 0.6 is 15.6 Å². The number of unbranched alkanes of at least 4 members (excludes halogenated alkanes) is 36. The van der Waals surface area contributed by atoms with Gasteiger partial charge in [-0.2, -0.15) is 0 Å². The predicted molar refractivity (Wildman–Crippen MR) is 367 cm³/mol. The maximum Gasteiger partial charge on any atom is 0.472 e. The van der Waals surface area contributed by atoms with Crippen LogP contribution in [-0.2, 0) is 65.4 Å². The van der Waals surface area contributed by atoms with Gasteiger partial charge in [-0.3, -0.25) is 37.3 Å². The molecule has 3 N–H and O–H groups in total. The molecule has 0 radical (unpaired) electrons. The normalized spacial score (nSPS) is 14.3. The second-order valence-electron chi connectivity index (χ2n) is 26.2. The fraction of sp³-hybridized carbons (Fsp3) is 0.889. The second-order valence-corrected chi connectivity index (χ2v) is 29.2. The number of carbonyl (C=O) groups is 4. The minimum absolute atomic E-state index is 0.101. The molecule has 2 unspecified atom stereocenters. The molecule has 17 nitrogen and oxygen atoms in total. The van der Waals surface area contributed by atoms with Crippen LogP contribution in [-0.4, -0.2) is 96.7 Å². The fourth-order valence-corrected chi connectivity index (χ4v) is 12.0. The SMILES string of the molecule is CCCCCC/C=C\C=C/CCCCCCCC(=O)OC[C@H](COP(=O)(O)OC[C@@H](O)COP(=O)(O)OC[C@@H](COC(=O)CCCCCCCCC)OC(=O)CCCCCCCCCCC(C)C)OC(=O)CCCCCCCCCCCCCCCCCC(C)C. The van der Waals surface area contributed by atoms with Crippen LogP contribution in [0.1, 0.15) is 343 Å². The largest absolute Gasteiger partial charge is 0.472 e. The Labute approximate surface area is 554 Å². The Hall–Kier alpha value is -2.46. The number of ether oxygens (including phenoxy) is 4. The molecule has 0 aliphatic carbocycles. The van der Waals surface area contributed by atoms with Crippen molar-refractivity contribution in [3.8, 4) is 0 Å². The van der Waals surface area contributed by atoms with Crippen molar-refractivity contribution in [2.75, 3.05) is 39.6 Å².